The van der Waals surface area contributed by atoms with Gasteiger partial charge in [-0.15, -0.1) is 0 Å². The number of benzene rings is 3. The minimum Gasteiger partial charge on any atom is -0.490 e. The quantitative estimate of drug-likeness (QED) is 0.0451. The van der Waals surface area contributed by atoms with Crippen molar-refractivity contribution in [1.29, 1.82) is 0 Å². The van der Waals surface area contributed by atoms with Crippen LogP contribution in [0.1, 0.15) is 65.0 Å². The molecule has 314 valence electrons. The van der Waals surface area contributed by atoms with Gasteiger partial charge in [-0.2, -0.15) is 26.3 Å². The van der Waals surface area contributed by atoms with Gasteiger partial charge in [-0.1, -0.05) is 45.0 Å². The second kappa shape index (κ2) is 20.4. The average Bonchev–Trinajstić information content (AvgIpc) is 3.16. The summed E-state index contributed by atoms with van der Waals surface area (Å²) in [6.07, 6.45) is -10.7. The van der Waals surface area contributed by atoms with E-state index in [1.807, 2.05) is 0 Å². The molecular formula is C41H47F7O9. The molecule has 0 N–H and O–H groups in total. The van der Waals surface area contributed by atoms with Crippen molar-refractivity contribution in [1.82, 2.24) is 0 Å². The summed E-state index contributed by atoms with van der Waals surface area (Å²) in [5.41, 5.74) is -7.71. The molecule has 3 aromatic carbocycles. The van der Waals surface area contributed by atoms with E-state index in [0.29, 0.717) is 42.9 Å². The highest BCUT2D eigenvalue weighted by Crippen LogP contribution is 2.56. The van der Waals surface area contributed by atoms with Gasteiger partial charge in [0.15, 0.2) is 0 Å². The molecule has 0 fully saturated rings. The van der Waals surface area contributed by atoms with Gasteiger partial charge < -0.3 is 28.4 Å². The molecule has 9 nitrogen and oxygen atoms in total. The topological polar surface area (TPSA) is 107 Å². The first-order valence-electron chi connectivity index (χ1n) is 18.3. The van der Waals surface area contributed by atoms with Crippen molar-refractivity contribution in [3.63, 3.8) is 0 Å². The minimum atomic E-state index is -5.82. The van der Waals surface area contributed by atoms with E-state index in [1.165, 1.54) is 24.3 Å². The van der Waals surface area contributed by atoms with Gasteiger partial charge in [0, 0.05) is 0 Å². The SMILES string of the molecule is CCC(C)C(=O)OCCOc1ccc(C(c2ccc(OCCOC(=O)C(CC)CC(C)(C)C(=O)OCCOc3ccc(F)cc3)cc2)(C(F)(F)F)C(F)(F)F)cc1. The molecule has 0 heterocycles. The van der Waals surface area contributed by atoms with Crippen molar-refractivity contribution in [2.75, 3.05) is 39.6 Å². The van der Waals surface area contributed by atoms with Crippen LogP contribution in [0, 0.1) is 23.1 Å². The van der Waals surface area contributed by atoms with E-state index >= 15 is 0 Å². The van der Waals surface area contributed by atoms with Crippen LogP contribution >= 0.6 is 0 Å². The zero-order valence-corrected chi connectivity index (χ0v) is 32.3. The lowest BCUT2D eigenvalue weighted by atomic mass is 9.73. The average molecular weight is 817 g/mol. The van der Waals surface area contributed by atoms with Gasteiger partial charge in [0.2, 0.25) is 5.41 Å². The number of carbonyl (C=O) groups excluding carboxylic acids is 3. The van der Waals surface area contributed by atoms with E-state index in [4.69, 9.17) is 28.4 Å². The molecule has 0 aliphatic heterocycles. The van der Waals surface area contributed by atoms with Crippen LogP contribution in [0.25, 0.3) is 0 Å². The molecule has 0 saturated heterocycles. The highest BCUT2D eigenvalue weighted by Gasteiger charge is 2.72. The maximum absolute atomic E-state index is 14.6. The zero-order chi connectivity index (χ0) is 42.4. The molecule has 0 aliphatic carbocycles. The Bertz CT molecular complexity index is 1710. The summed E-state index contributed by atoms with van der Waals surface area (Å²) in [5.74, 6) is -2.86. The molecule has 0 amide bonds. The van der Waals surface area contributed by atoms with Crippen LogP contribution in [0.2, 0.25) is 0 Å². The van der Waals surface area contributed by atoms with Crippen molar-refractivity contribution >= 4 is 17.9 Å². The molecule has 0 radical (unpaired) electrons. The lowest BCUT2D eigenvalue weighted by Gasteiger charge is -2.38. The van der Waals surface area contributed by atoms with E-state index in [9.17, 15) is 45.1 Å². The number of esters is 3. The van der Waals surface area contributed by atoms with Gasteiger partial charge in [-0.05, 0) is 92.8 Å². The molecule has 57 heavy (non-hydrogen) atoms. The first-order chi connectivity index (χ1) is 26.8. The molecule has 2 unspecified atom stereocenters. The fourth-order valence-corrected chi connectivity index (χ4v) is 5.73. The summed E-state index contributed by atoms with van der Waals surface area (Å²) in [6, 6.07) is 11.9. The molecule has 3 rings (SSSR count). The molecular weight excluding hydrogens is 769 g/mol. The van der Waals surface area contributed by atoms with Crippen LogP contribution in [-0.2, 0) is 34.0 Å². The second-order valence-corrected chi connectivity index (χ2v) is 13.8. The van der Waals surface area contributed by atoms with E-state index in [2.05, 4.69) is 0 Å². The summed E-state index contributed by atoms with van der Waals surface area (Å²) < 4.78 is 133. The van der Waals surface area contributed by atoms with Gasteiger partial charge in [0.05, 0.1) is 17.3 Å². The first kappa shape index (κ1) is 46.4. The molecule has 3 aromatic rings. The lowest BCUT2D eigenvalue weighted by molar-refractivity contribution is -0.288. The van der Waals surface area contributed by atoms with E-state index in [0.717, 1.165) is 24.3 Å². The van der Waals surface area contributed by atoms with Gasteiger partial charge in [-0.25, -0.2) is 4.39 Å². The number of rotatable bonds is 21. The summed E-state index contributed by atoms with van der Waals surface area (Å²) in [4.78, 5) is 37.4. The fraction of sp³-hybridized carbons (Fsp3) is 0.488. The highest BCUT2D eigenvalue weighted by molar-refractivity contribution is 5.78. The molecule has 0 saturated carbocycles. The Morgan fingerprint density at radius 2 is 0.947 bits per heavy atom. The maximum atomic E-state index is 14.6. The van der Waals surface area contributed by atoms with Crippen LogP contribution in [0.5, 0.6) is 17.2 Å². The molecule has 0 aromatic heterocycles. The lowest BCUT2D eigenvalue weighted by Crippen LogP contribution is -2.54. The third-order valence-corrected chi connectivity index (χ3v) is 9.17. The van der Waals surface area contributed by atoms with Crippen molar-refractivity contribution in [2.24, 2.45) is 17.3 Å². The standard InChI is InChI=1S/C41H47F7O9/c1-6-27(3)35(49)55-23-20-52-32-14-8-29(9-15-32)39(40(43,44)45,41(46,47)48)30-10-16-33(17-11-30)53-21-24-56-36(50)28(7-2)26-38(4,5)37(51)57-25-22-54-34-18-12-31(42)13-19-34/h8-19,27-28H,6-7,20-26H2,1-5H3. The maximum Gasteiger partial charge on any atom is 0.411 e. The van der Waals surface area contributed by atoms with Gasteiger partial charge >= 0.3 is 30.3 Å². The monoisotopic (exact) mass is 816 g/mol. The fourth-order valence-electron chi connectivity index (χ4n) is 5.73. The largest absolute Gasteiger partial charge is 0.490 e. The van der Waals surface area contributed by atoms with Crippen LogP contribution < -0.4 is 14.2 Å². The molecule has 0 aliphatic rings. The highest BCUT2D eigenvalue weighted by atomic mass is 19.4. The number of hydrogen-bond acceptors (Lipinski definition) is 9. The van der Waals surface area contributed by atoms with Gasteiger partial charge in [0.1, 0.15) is 62.7 Å². The minimum absolute atomic E-state index is 0.0203. The van der Waals surface area contributed by atoms with Gasteiger partial charge in [-0.3, -0.25) is 14.4 Å². The Kier molecular flexibility index (Phi) is 16.6. The molecule has 0 bridgehead atoms. The Balaban J connectivity index is 1.57. The summed E-state index contributed by atoms with van der Waals surface area (Å²) >= 11 is 0. The van der Waals surface area contributed by atoms with Crippen molar-refractivity contribution in [3.8, 4) is 17.2 Å². The third kappa shape index (κ3) is 12.5. The van der Waals surface area contributed by atoms with Crippen molar-refractivity contribution < 1.29 is 73.5 Å². The van der Waals surface area contributed by atoms with Crippen LogP contribution in [0.4, 0.5) is 30.7 Å². The van der Waals surface area contributed by atoms with E-state index in [-0.39, 0.29) is 63.5 Å². The third-order valence-electron chi connectivity index (χ3n) is 9.17. The Hall–Kier alpha value is -5.02. The predicted molar refractivity (Wildman–Crippen MR) is 193 cm³/mol. The van der Waals surface area contributed by atoms with E-state index in [1.54, 1.807) is 34.6 Å². The number of carbonyl (C=O) groups is 3. The van der Waals surface area contributed by atoms with Crippen molar-refractivity contribution in [3.05, 3.63) is 89.7 Å². The van der Waals surface area contributed by atoms with Crippen LogP contribution in [0.3, 0.4) is 0 Å². The molecule has 2 atom stereocenters. The summed E-state index contributed by atoms with van der Waals surface area (Å²) in [5, 5.41) is 0. The van der Waals surface area contributed by atoms with Crippen molar-refractivity contribution in [2.45, 2.75) is 71.6 Å². The Morgan fingerprint density at radius 3 is 1.33 bits per heavy atom. The molecule has 0 spiro atoms. The number of alkyl halides is 6. The first-order valence-corrected chi connectivity index (χ1v) is 18.3. The normalized spacial score (nSPS) is 13.3. The second-order valence-electron chi connectivity index (χ2n) is 13.8. The Morgan fingerprint density at radius 1 is 0.561 bits per heavy atom. The summed E-state index contributed by atoms with van der Waals surface area (Å²) in [7, 11) is 0. The number of hydrogen-bond donors (Lipinski definition) is 0. The van der Waals surface area contributed by atoms with Crippen LogP contribution in [0.15, 0.2) is 72.8 Å². The molecule has 16 heteroatoms. The predicted octanol–water partition coefficient (Wildman–Crippen LogP) is 9.19. The summed E-state index contributed by atoms with van der Waals surface area (Å²) in [6.45, 7) is 7.44. The smallest absolute Gasteiger partial charge is 0.411 e. The number of halogens is 7. The van der Waals surface area contributed by atoms with E-state index < -0.39 is 64.0 Å². The zero-order valence-electron chi connectivity index (χ0n) is 32.3. The van der Waals surface area contributed by atoms with Crippen LogP contribution in [-0.4, -0.2) is 69.9 Å². The Labute approximate surface area is 326 Å². The number of ether oxygens (including phenoxy) is 6. The van der Waals surface area contributed by atoms with Gasteiger partial charge in [0.25, 0.3) is 0 Å².